The number of carbonyl (C=O) groups is 1. The maximum absolute atomic E-state index is 11.7. The van der Waals surface area contributed by atoms with Gasteiger partial charge in [-0.2, -0.15) is 0 Å². The number of anilines is 1. The molecule has 0 saturated carbocycles. The minimum Gasteiger partial charge on any atom is -0.475 e. The van der Waals surface area contributed by atoms with Gasteiger partial charge in [0.25, 0.3) is 0 Å². The van der Waals surface area contributed by atoms with Crippen LogP contribution in [0.4, 0.5) is 5.69 Å². The van der Waals surface area contributed by atoms with Gasteiger partial charge in [0.05, 0.1) is 18.8 Å². The normalized spacial score (nSPS) is 20.8. The molecule has 0 radical (unpaired) electrons. The van der Waals surface area contributed by atoms with E-state index in [1.807, 2.05) is 19.1 Å². The van der Waals surface area contributed by atoms with E-state index in [-0.39, 0.29) is 5.97 Å². The minimum atomic E-state index is -0.490. The van der Waals surface area contributed by atoms with E-state index >= 15 is 0 Å². The first kappa shape index (κ1) is 10.4. The van der Waals surface area contributed by atoms with E-state index in [1.54, 1.807) is 0 Å². The summed E-state index contributed by atoms with van der Waals surface area (Å²) in [4.78, 5) is 13.9. The standard InChI is InChI=1S/C13H15NO3/c1-2-16-13(15)11-8-14-7-6-9-4-3-5-10(17-11)12(9)14/h3-5,11H,2,6-8H2,1H3. The lowest BCUT2D eigenvalue weighted by atomic mass is 10.1. The average molecular weight is 233 g/mol. The summed E-state index contributed by atoms with van der Waals surface area (Å²) >= 11 is 0. The van der Waals surface area contributed by atoms with Crippen molar-refractivity contribution in [2.75, 3.05) is 24.6 Å². The zero-order valence-electron chi connectivity index (χ0n) is 9.81. The Morgan fingerprint density at radius 1 is 1.59 bits per heavy atom. The third-order valence-electron chi connectivity index (χ3n) is 3.25. The zero-order chi connectivity index (χ0) is 11.8. The minimum absolute atomic E-state index is 0.268. The number of ether oxygens (including phenoxy) is 2. The topological polar surface area (TPSA) is 38.8 Å². The van der Waals surface area contributed by atoms with Crippen LogP contribution in [0.25, 0.3) is 0 Å². The Hall–Kier alpha value is -1.71. The smallest absolute Gasteiger partial charge is 0.349 e. The Morgan fingerprint density at radius 2 is 2.47 bits per heavy atom. The number of rotatable bonds is 2. The summed E-state index contributed by atoms with van der Waals surface area (Å²) < 4.78 is 10.7. The second kappa shape index (κ2) is 3.95. The van der Waals surface area contributed by atoms with Gasteiger partial charge in [0, 0.05) is 6.54 Å². The summed E-state index contributed by atoms with van der Waals surface area (Å²) in [6.45, 7) is 3.77. The zero-order valence-corrected chi connectivity index (χ0v) is 9.81. The molecule has 1 atom stereocenters. The molecule has 2 aliphatic rings. The van der Waals surface area contributed by atoms with Gasteiger partial charge < -0.3 is 14.4 Å². The van der Waals surface area contributed by atoms with Crippen molar-refractivity contribution < 1.29 is 14.3 Å². The summed E-state index contributed by atoms with van der Waals surface area (Å²) in [6.07, 6.45) is 0.540. The molecular formula is C13H15NO3. The van der Waals surface area contributed by atoms with Crippen LogP contribution in [0.5, 0.6) is 5.75 Å². The lowest BCUT2D eigenvalue weighted by Gasteiger charge is -2.32. The fraction of sp³-hybridized carbons (Fsp3) is 0.462. The van der Waals surface area contributed by atoms with Gasteiger partial charge in [-0.1, -0.05) is 12.1 Å². The highest BCUT2D eigenvalue weighted by atomic mass is 16.6. The number of esters is 1. The first-order valence-corrected chi connectivity index (χ1v) is 5.99. The van der Waals surface area contributed by atoms with Crippen LogP contribution < -0.4 is 9.64 Å². The quantitative estimate of drug-likeness (QED) is 0.723. The van der Waals surface area contributed by atoms with Gasteiger partial charge in [0.15, 0.2) is 0 Å². The van der Waals surface area contributed by atoms with E-state index in [2.05, 4.69) is 11.0 Å². The van der Waals surface area contributed by atoms with Crippen molar-refractivity contribution in [2.45, 2.75) is 19.4 Å². The summed E-state index contributed by atoms with van der Waals surface area (Å²) in [7, 11) is 0. The molecule has 2 heterocycles. The van der Waals surface area contributed by atoms with Crippen LogP contribution in [0.3, 0.4) is 0 Å². The molecule has 1 unspecified atom stereocenters. The second-order valence-electron chi connectivity index (χ2n) is 4.32. The van der Waals surface area contributed by atoms with Crippen molar-refractivity contribution >= 4 is 11.7 Å². The molecule has 4 heteroatoms. The van der Waals surface area contributed by atoms with E-state index < -0.39 is 6.10 Å². The van der Waals surface area contributed by atoms with Crippen molar-refractivity contribution in [3.63, 3.8) is 0 Å². The number of carbonyl (C=O) groups excluding carboxylic acids is 1. The Labute approximate surface area is 100 Å². The van der Waals surface area contributed by atoms with Crippen molar-refractivity contribution in [1.29, 1.82) is 0 Å². The third kappa shape index (κ3) is 1.64. The van der Waals surface area contributed by atoms with Crippen LogP contribution in [0.2, 0.25) is 0 Å². The van der Waals surface area contributed by atoms with Gasteiger partial charge in [-0.05, 0) is 25.0 Å². The fourth-order valence-corrected chi connectivity index (χ4v) is 2.52. The Bertz CT molecular complexity index is 458. The molecule has 0 saturated heterocycles. The van der Waals surface area contributed by atoms with Crippen molar-refractivity contribution in [3.8, 4) is 5.75 Å². The summed E-state index contributed by atoms with van der Waals surface area (Å²) in [5, 5.41) is 0. The fourth-order valence-electron chi connectivity index (χ4n) is 2.52. The summed E-state index contributed by atoms with van der Waals surface area (Å²) in [5.41, 5.74) is 2.47. The van der Waals surface area contributed by atoms with Gasteiger partial charge in [0.1, 0.15) is 5.75 Å². The molecule has 1 aromatic rings. The Morgan fingerprint density at radius 3 is 3.29 bits per heavy atom. The Kier molecular flexibility index (Phi) is 2.42. The number of nitrogens with zero attached hydrogens (tertiary/aromatic N) is 1. The number of para-hydroxylation sites is 1. The monoisotopic (exact) mass is 233 g/mol. The molecule has 1 aromatic carbocycles. The van der Waals surface area contributed by atoms with E-state index in [4.69, 9.17) is 9.47 Å². The molecule has 0 aromatic heterocycles. The molecule has 0 fully saturated rings. The molecule has 0 spiro atoms. The van der Waals surface area contributed by atoms with Crippen LogP contribution >= 0.6 is 0 Å². The van der Waals surface area contributed by atoms with Gasteiger partial charge >= 0.3 is 5.97 Å². The predicted molar refractivity (Wildman–Crippen MR) is 63.4 cm³/mol. The number of hydrogen-bond acceptors (Lipinski definition) is 4. The molecule has 4 nitrogen and oxygen atoms in total. The van der Waals surface area contributed by atoms with Crippen LogP contribution in [0, 0.1) is 0 Å². The Balaban J connectivity index is 1.89. The highest BCUT2D eigenvalue weighted by Crippen LogP contribution is 2.40. The number of hydrogen-bond donors (Lipinski definition) is 0. The van der Waals surface area contributed by atoms with Crippen LogP contribution in [-0.2, 0) is 16.0 Å². The van der Waals surface area contributed by atoms with E-state index in [0.29, 0.717) is 13.2 Å². The van der Waals surface area contributed by atoms with E-state index in [0.717, 1.165) is 24.4 Å². The van der Waals surface area contributed by atoms with Crippen molar-refractivity contribution in [2.24, 2.45) is 0 Å². The van der Waals surface area contributed by atoms with Gasteiger partial charge in [-0.15, -0.1) is 0 Å². The second-order valence-corrected chi connectivity index (χ2v) is 4.32. The van der Waals surface area contributed by atoms with Crippen molar-refractivity contribution in [3.05, 3.63) is 23.8 Å². The highest BCUT2D eigenvalue weighted by Gasteiger charge is 2.35. The first-order chi connectivity index (χ1) is 8.29. The van der Waals surface area contributed by atoms with Gasteiger partial charge in [-0.3, -0.25) is 0 Å². The summed E-state index contributed by atoms with van der Waals surface area (Å²) in [6, 6.07) is 6.01. The average Bonchev–Trinajstić information content (AvgIpc) is 2.75. The van der Waals surface area contributed by atoms with E-state index in [1.165, 1.54) is 5.56 Å². The molecule has 0 bridgehead atoms. The van der Waals surface area contributed by atoms with E-state index in [9.17, 15) is 4.79 Å². The molecule has 3 rings (SSSR count). The maximum atomic E-state index is 11.7. The molecule has 90 valence electrons. The van der Waals surface area contributed by atoms with Gasteiger partial charge in [-0.25, -0.2) is 4.79 Å². The summed E-state index contributed by atoms with van der Waals surface area (Å²) in [5.74, 6) is 0.541. The van der Waals surface area contributed by atoms with Crippen LogP contribution in [-0.4, -0.2) is 31.8 Å². The lowest BCUT2D eigenvalue weighted by molar-refractivity contribution is -0.151. The third-order valence-corrected chi connectivity index (χ3v) is 3.25. The number of benzene rings is 1. The molecule has 0 aliphatic carbocycles. The van der Waals surface area contributed by atoms with Crippen LogP contribution in [0.1, 0.15) is 12.5 Å². The molecule has 17 heavy (non-hydrogen) atoms. The SMILES string of the molecule is CCOC(=O)C1CN2CCc3cccc(c32)O1. The lowest BCUT2D eigenvalue weighted by Crippen LogP contribution is -2.44. The molecule has 0 amide bonds. The molecule has 0 N–H and O–H groups in total. The largest absolute Gasteiger partial charge is 0.475 e. The maximum Gasteiger partial charge on any atom is 0.349 e. The predicted octanol–water partition coefficient (Wildman–Crippen LogP) is 1.37. The van der Waals surface area contributed by atoms with Crippen molar-refractivity contribution in [1.82, 2.24) is 0 Å². The first-order valence-electron chi connectivity index (χ1n) is 5.99. The van der Waals surface area contributed by atoms with Crippen LogP contribution in [0.15, 0.2) is 18.2 Å². The molecular weight excluding hydrogens is 218 g/mol. The van der Waals surface area contributed by atoms with Gasteiger partial charge in [0.2, 0.25) is 6.10 Å². The highest BCUT2D eigenvalue weighted by molar-refractivity contribution is 5.79. The molecule has 2 aliphatic heterocycles.